The van der Waals surface area contributed by atoms with Crippen LogP contribution in [0.3, 0.4) is 0 Å². The van der Waals surface area contributed by atoms with Crippen LogP contribution in [0.4, 0.5) is 0 Å². The molecule has 13 heavy (non-hydrogen) atoms. The number of Topliss-reactive ketones (excluding diaryl/α,β-unsaturated/α-hetero) is 1. The minimum Gasteiger partial charge on any atom is -0.507 e. The van der Waals surface area contributed by atoms with E-state index in [2.05, 4.69) is 0 Å². The first-order chi connectivity index (χ1) is 6.02. The highest BCUT2D eigenvalue weighted by Crippen LogP contribution is 2.22. The zero-order valence-electron chi connectivity index (χ0n) is 6.32. The van der Waals surface area contributed by atoms with E-state index in [0.29, 0.717) is 0 Å². The lowest BCUT2D eigenvalue weighted by molar-refractivity contribution is -0.131. The Morgan fingerprint density at radius 1 is 1.31 bits per heavy atom. The minimum atomic E-state index is -1.61. The van der Waals surface area contributed by atoms with Crippen LogP contribution in [0.2, 0.25) is 5.02 Å². The van der Waals surface area contributed by atoms with Gasteiger partial charge in [0.2, 0.25) is 0 Å². The summed E-state index contributed by atoms with van der Waals surface area (Å²) in [5.74, 6) is -3.20. The standard InChI is InChI=1S/C8H5ClO4/c9-4-1-2-5(6(10)3-4)7(11)8(12)13/h1-3,10H,(H,12,13). The third-order valence-electron chi connectivity index (χ3n) is 1.40. The van der Waals surface area contributed by atoms with Gasteiger partial charge >= 0.3 is 5.97 Å². The van der Waals surface area contributed by atoms with Crippen LogP contribution in [0.25, 0.3) is 0 Å². The molecule has 0 aromatic heterocycles. The van der Waals surface area contributed by atoms with E-state index in [9.17, 15) is 9.59 Å². The van der Waals surface area contributed by atoms with Gasteiger partial charge in [-0.25, -0.2) is 4.79 Å². The van der Waals surface area contributed by atoms with Crippen LogP contribution in [-0.2, 0) is 4.79 Å². The molecule has 0 spiro atoms. The topological polar surface area (TPSA) is 74.6 Å². The van der Waals surface area contributed by atoms with E-state index >= 15 is 0 Å². The van der Waals surface area contributed by atoms with Crippen molar-refractivity contribution in [1.82, 2.24) is 0 Å². The van der Waals surface area contributed by atoms with E-state index in [1.807, 2.05) is 0 Å². The van der Waals surface area contributed by atoms with Crippen molar-refractivity contribution in [3.05, 3.63) is 28.8 Å². The number of carbonyl (C=O) groups excluding carboxylic acids is 1. The van der Waals surface area contributed by atoms with E-state index in [-0.39, 0.29) is 10.6 Å². The number of carboxylic acid groups (broad SMARTS) is 1. The monoisotopic (exact) mass is 200 g/mol. The SMILES string of the molecule is O=C(O)C(=O)c1ccc(Cl)cc1O. The summed E-state index contributed by atoms with van der Waals surface area (Å²) in [6.45, 7) is 0. The van der Waals surface area contributed by atoms with Gasteiger partial charge in [-0.05, 0) is 18.2 Å². The average Bonchev–Trinajstić information content (AvgIpc) is 2.03. The van der Waals surface area contributed by atoms with Gasteiger partial charge in [0.1, 0.15) is 5.75 Å². The number of rotatable bonds is 2. The quantitative estimate of drug-likeness (QED) is 0.558. The van der Waals surface area contributed by atoms with Crippen molar-refractivity contribution < 1.29 is 19.8 Å². The number of benzene rings is 1. The fourth-order valence-electron chi connectivity index (χ4n) is 0.812. The fourth-order valence-corrected chi connectivity index (χ4v) is 0.978. The van der Waals surface area contributed by atoms with E-state index in [1.54, 1.807) is 0 Å². The maximum Gasteiger partial charge on any atom is 0.377 e. The Balaban J connectivity index is 3.16. The summed E-state index contributed by atoms with van der Waals surface area (Å²) in [4.78, 5) is 21.1. The van der Waals surface area contributed by atoms with E-state index in [1.165, 1.54) is 6.07 Å². The molecule has 1 aromatic carbocycles. The van der Waals surface area contributed by atoms with E-state index in [0.717, 1.165) is 12.1 Å². The summed E-state index contributed by atoms with van der Waals surface area (Å²) in [5.41, 5.74) is -0.267. The van der Waals surface area contributed by atoms with Crippen molar-refractivity contribution in [3.63, 3.8) is 0 Å². The van der Waals surface area contributed by atoms with E-state index < -0.39 is 17.5 Å². The van der Waals surface area contributed by atoms with Crippen LogP contribution in [0.1, 0.15) is 10.4 Å². The molecule has 2 N–H and O–H groups in total. The largest absolute Gasteiger partial charge is 0.507 e. The van der Waals surface area contributed by atoms with Gasteiger partial charge in [0.25, 0.3) is 5.78 Å². The number of carbonyl (C=O) groups is 2. The molecule has 1 aromatic rings. The Bertz CT molecular complexity index is 372. The zero-order valence-corrected chi connectivity index (χ0v) is 7.08. The number of hydrogen-bond donors (Lipinski definition) is 2. The van der Waals surface area contributed by atoms with Crippen molar-refractivity contribution in [1.29, 1.82) is 0 Å². The van der Waals surface area contributed by atoms with Crippen LogP contribution in [-0.4, -0.2) is 22.0 Å². The third kappa shape index (κ3) is 1.97. The van der Waals surface area contributed by atoms with E-state index in [4.69, 9.17) is 21.8 Å². The van der Waals surface area contributed by atoms with Gasteiger partial charge in [-0.1, -0.05) is 11.6 Å². The lowest BCUT2D eigenvalue weighted by Gasteiger charge is -1.99. The van der Waals surface area contributed by atoms with Crippen molar-refractivity contribution >= 4 is 23.4 Å². The van der Waals surface area contributed by atoms with Gasteiger partial charge in [0.15, 0.2) is 0 Å². The Kier molecular flexibility index (Phi) is 2.53. The number of aromatic hydroxyl groups is 1. The molecule has 0 aliphatic rings. The number of ketones is 1. The van der Waals surface area contributed by atoms with Crippen molar-refractivity contribution in [3.8, 4) is 5.75 Å². The summed E-state index contributed by atoms with van der Waals surface area (Å²) in [6.07, 6.45) is 0. The van der Waals surface area contributed by atoms with Crippen LogP contribution in [0, 0.1) is 0 Å². The Morgan fingerprint density at radius 3 is 2.38 bits per heavy atom. The molecule has 68 valence electrons. The predicted molar refractivity (Wildman–Crippen MR) is 45.1 cm³/mol. The number of carboxylic acids is 1. The molecule has 1 rings (SSSR count). The Morgan fingerprint density at radius 2 is 1.92 bits per heavy atom. The number of hydrogen-bond acceptors (Lipinski definition) is 3. The number of aliphatic carboxylic acids is 1. The molecule has 0 saturated heterocycles. The van der Waals surface area contributed by atoms with Crippen molar-refractivity contribution in [2.75, 3.05) is 0 Å². The maximum absolute atomic E-state index is 10.9. The molecule has 0 fully saturated rings. The second-order valence-corrected chi connectivity index (χ2v) is 2.73. The summed E-state index contributed by atoms with van der Waals surface area (Å²) < 4.78 is 0. The average molecular weight is 201 g/mol. The van der Waals surface area contributed by atoms with Gasteiger partial charge in [0, 0.05) is 5.02 Å². The second kappa shape index (κ2) is 3.45. The third-order valence-corrected chi connectivity index (χ3v) is 1.63. The van der Waals surface area contributed by atoms with Crippen molar-refractivity contribution in [2.24, 2.45) is 0 Å². The molecule has 0 amide bonds. The molecule has 0 radical (unpaired) electrons. The lowest BCUT2D eigenvalue weighted by Crippen LogP contribution is -2.12. The van der Waals surface area contributed by atoms with Gasteiger partial charge in [-0.2, -0.15) is 0 Å². The molecule has 0 heterocycles. The summed E-state index contributed by atoms with van der Waals surface area (Å²) in [7, 11) is 0. The van der Waals surface area contributed by atoms with Gasteiger partial charge in [-0.3, -0.25) is 4.79 Å². The van der Waals surface area contributed by atoms with Crippen LogP contribution in [0.5, 0.6) is 5.75 Å². The summed E-state index contributed by atoms with van der Waals surface area (Å²) in [5, 5.41) is 17.7. The molecule has 0 saturated carbocycles. The van der Waals surface area contributed by atoms with Crippen LogP contribution in [0.15, 0.2) is 18.2 Å². The second-order valence-electron chi connectivity index (χ2n) is 2.30. The molecule has 0 aliphatic carbocycles. The summed E-state index contributed by atoms with van der Waals surface area (Å²) >= 11 is 5.48. The molecular weight excluding hydrogens is 196 g/mol. The highest BCUT2D eigenvalue weighted by atomic mass is 35.5. The van der Waals surface area contributed by atoms with Crippen molar-refractivity contribution in [2.45, 2.75) is 0 Å². The number of phenolic OH excluding ortho intramolecular Hbond substituents is 1. The highest BCUT2D eigenvalue weighted by Gasteiger charge is 2.18. The Hall–Kier alpha value is -1.55. The molecule has 5 heteroatoms. The first kappa shape index (κ1) is 9.54. The zero-order chi connectivity index (χ0) is 10.0. The minimum absolute atomic E-state index is 0.236. The molecular formula is C8H5ClO4. The normalized spacial score (nSPS) is 9.62. The van der Waals surface area contributed by atoms with Gasteiger partial charge < -0.3 is 10.2 Å². The van der Waals surface area contributed by atoms with Crippen LogP contribution >= 0.6 is 11.6 Å². The highest BCUT2D eigenvalue weighted by molar-refractivity contribution is 6.40. The number of phenols is 1. The van der Waals surface area contributed by atoms with Crippen LogP contribution < -0.4 is 0 Å². The van der Waals surface area contributed by atoms with Gasteiger partial charge in [-0.15, -0.1) is 0 Å². The summed E-state index contributed by atoms with van der Waals surface area (Å²) in [6, 6.07) is 3.60. The van der Waals surface area contributed by atoms with Gasteiger partial charge in [0.05, 0.1) is 5.56 Å². The molecule has 0 aliphatic heterocycles. The number of halogens is 1. The fraction of sp³-hybridized carbons (Fsp3) is 0. The maximum atomic E-state index is 10.9. The smallest absolute Gasteiger partial charge is 0.377 e. The molecule has 0 unspecified atom stereocenters. The molecule has 0 bridgehead atoms. The first-order valence-corrected chi connectivity index (χ1v) is 3.66. The molecule has 4 nitrogen and oxygen atoms in total. The predicted octanol–water partition coefficient (Wildman–Crippen LogP) is 1.31. The first-order valence-electron chi connectivity index (χ1n) is 3.28. The molecule has 0 atom stereocenters. The lowest BCUT2D eigenvalue weighted by atomic mass is 10.1. The Labute approximate surface area is 78.4 Å².